The first kappa shape index (κ1) is 12.7. The van der Waals surface area contributed by atoms with Crippen LogP contribution in [0.25, 0.3) is 4.96 Å². The van der Waals surface area contributed by atoms with Crippen LogP contribution < -0.4 is 5.32 Å². The highest BCUT2D eigenvalue weighted by Crippen LogP contribution is 2.21. The monoisotopic (exact) mass is 282 g/mol. The van der Waals surface area contributed by atoms with Crippen LogP contribution in [-0.4, -0.2) is 9.38 Å². The Morgan fingerprint density at radius 2 is 2.05 bits per heavy atom. The Kier molecular flexibility index (Phi) is 3.17. The molecule has 0 bridgehead atoms. The molecule has 20 heavy (non-hydrogen) atoms. The van der Waals surface area contributed by atoms with Gasteiger partial charge in [-0.25, -0.2) is 4.98 Å². The van der Waals surface area contributed by atoms with E-state index < -0.39 is 0 Å². The molecular weight excluding hydrogens is 268 g/mol. The van der Waals surface area contributed by atoms with Gasteiger partial charge >= 0.3 is 0 Å². The topological polar surface area (TPSA) is 53.1 Å². The molecule has 0 saturated carbocycles. The fourth-order valence-electron chi connectivity index (χ4n) is 2.22. The van der Waals surface area contributed by atoms with Crippen molar-refractivity contribution in [2.45, 2.75) is 20.4 Å². The number of aryl methyl sites for hydroxylation is 2. The molecule has 0 fully saturated rings. The van der Waals surface area contributed by atoms with Gasteiger partial charge in [0.15, 0.2) is 4.96 Å². The Labute approximate surface area is 121 Å². The van der Waals surface area contributed by atoms with Crippen molar-refractivity contribution in [2.24, 2.45) is 0 Å². The summed E-state index contributed by atoms with van der Waals surface area (Å²) in [5, 5.41) is 14.3. The second-order valence-electron chi connectivity index (χ2n) is 4.68. The SMILES string of the molecule is Cc1nc2scc(C)n2c1CNc1ccc(C#N)cc1. The molecule has 0 saturated heterocycles. The molecule has 100 valence electrons. The number of rotatable bonds is 3. The van der Waals surface area contributed by atoms with Gasteiger partial charge in [0.1, 0.15) is 0 Å². The van der Waals surface area contributed by atoms with Crippen LogP contribution in [0, 0.1) is 25.2 Å². The van der Waals surface area contributed by atoms with Gasteiger partial charge in [0, 0.05) is 16.8 Å². The van der Waals surface area contributed by atoms with Crippen LogP contribution in [0.1, 0.15) is 22.6 Å². The number of hydrogen-bond donors (Lipinski definition) is 1. The number of benzene rings is 1. The van der Waals surface area contributed by atoms with Gasteiger partial charge in [-0.1, -0.05) is 0 Å². The molecule has 0 radical (unpaired) electrons. The molecule has 0 spiro atoms. The molecule has 1 N–H and O–H groups in total. The lowest BCUT2D eigenvalue weighted by molar-refractivity contribution is 0.966. The summed E-state index contributed by atoms with van der Waals surface area (Å²) in [6.45, 7) is 4.85. The molecule has 4 nitrogen and oxygen atoms in total. The standard InChI is InChI=1S/C15H14N4S/c1-10-9-20-15-18-11(2)14(19(10)15)8-17-13-5-3-12(7-16)4-6-13/h3-6,9,17H,8H2,1-2H3. The summed E-state index contributed by atoms with van der Waals surface area (Å²) >= 11 is 1.66. The van der Waals surface area contributed by atoms with E-state index in [9.17, 15) is 0 Å². The number of imidazole rings is 1. The van der Waals surface area contributed by atoms with Crippen molar-refractivity contribution in [2.75, 3.05) is 5.32 Å². The number of nitrogens with zero attached hydrogens (tertiary/aromatic N) is 3. The highest BCUT2D eigenvalue weighted by Gasteiger charge is 2.11. The van der Waals surface area contributed by atoms with Crippen molar-refractivity contribution in [3.05, 3.63) is 52.3 Å². The molecule has 2 aromatic heterocycles. The van der Waals surface area contributed by atoms with Crippen molar-refractivity contribution < 1.29 is 0 Å². The van der Waals surface area contributed by atoms with Gasteiger partial charge in [0.25, 0.3) is 0 Å². The van der Waals surface area contributed by atoms with E-state index in [1.807, 2.05) is 31.2 Å². The van der Waals surface area contributed by atoms with E-state index in [2.05, 4.69) is 33.1 Å². The highest BCUT2D eigenvalue weighted by molar-refractivity contribution is 7.15. The van der Waals surface area contributed by atoms with Gasteiger partial charge in [0.05, 0.1) is 29.6 Å². The van der Waals surface area contributed by atoms with E-state index >= 15 is 0 Å². The van der Waals surface area contributed by atoms with Crippen molar-refractivity contribution in [3.63, 3.8) is 0 Å². The third kappa shape index (κ3) is 2.15. The van der Waals surface area contributed by atoms with Gasteiger partial charge < -0.3 is 5.32 Å². The number of thiazole rings is 1. The number of nitrogens with one attached hydrogen (secondary N) is 1. The summed E-state index contributed by atoms with van der Waals surface area (Å²) in [5.41, 5.74) is 5.13. The number of anilines is 1. The molecule has 0 atom stereocenters. The number of fused-ring (bicyclic) bond motifs is 1. The third-order valence-corrected chi connectivity index (χ3v) is 4.25. The van der Waals surface area contributed by atoms with E-state index in [1.165, 1.54) is 11.4 Å². The predicted octanol–water partition coefficient (Wildman–Crippen LogP) is 3.50. The van der Waals surface area contributed by atoms with Crippen molar-refractivity contribution in [1.29, 1.82) is 5.26 Å². The van der Waals surface area contributed by atoms with Crippen molar-refractivity contribution >= 4 is 22.0 Å². The predicted molar refractivity (Wildman–Crippen MR) is 81.0 cm³/mol. The van der Waals surface area contributed by atoms with Crippen LogP contribution in [0.3, 0.4) is 0 Å². The molecule has 1 aromatic carbocycles. The summed E-state index contributed by atoms with van der Waals surface area (Å²) in [4.78, 5) is 5.61. The average molecular weight is 282 g/mol. The third-order valence-electron chi connectivity index (χ3n) is 3.30. The Morgan fingerprint density at radius 3 is 2.75 bits per heavy atom. The maximum absolute atomic E-state index is 8.79. The van der Waals surface area contributed by atoms with E-state index in [0.717, 1.165) is 22.9 Å². The average Bonchev–Trinajstić information content (AvgIpc) is 2.97. The lowest BCUT2D eigenvalue weighted by atomic mass is 10.2. The van der Waals surface area contributed by atoms with Gasteiger partial charge in [-0.05, 0) is 38.1 Å². The van der Waals surface area contributed by atoms with Gasteiger partial charge in [-0.3, -0.25) is 4.40 Å². The number of aromatic nitrogens is 2. The lowest BCUT2D eigenvalue weighted by Gasteiger charge is -2.07. The summed E-state index contributed by atoms with van der Waals surface area (Å²) in [6, 6.07) is 9.60. The molecule has 5 heteroatoms. The quantitative estimate of drug-likeness (QED) is 0.800. The normalized spacial score (nSPS) is 10.7. The molecule has 2 heterocycles. The van der Waals surface area contributed by atoms with Crippen LogP contribution in [0.15, 0.2) is 29.6 Å². The molecule has 0 aliphatic heterocycles. The Morgan fingerprint density at radius 1 is 1.30 bits per heavy atom. The summed E-state index contributed by atoms with van der Waals surface area (Å²) in [5.74, 6) is 0. The summed E-state index contributed by atoms with van der Waals surface area (Å²) < 4.78 is 2.19. The van der Waals surface area contributed by atoms with Gasteiger partial charge in [-0.2, -0.15) is 5.26 Å². The summed E-state index contributed by atoms with van der Waals surface area (Å²) in [6.07, 6.45) is 0. The smallest absolute Gasteiger partial charge is 0.194 e. The first-order valence-corrected chi connectivity index (χ1v) is 7.23. The van der Waals surface area contributed by atoms with Gasteiger partial charge in [0.2, 0.25) is 0 Å². The van der Waals surface area contributed by atoms with E-state index in [0.29, 0.717) is 5.56 Å². The number of nitriles is 1. The Hall–Kier alpha value is -2.32. The fourth-order valence-corrected chi connectivity index (χ4v) is 3.15. The Bertz CT molecular complexity index is 790. The van der Waals surface area contributed by atoms with E-state index in [4.69, 9.17) is 5.26 Å². The zero-order chi connectivity index (χ0) is 14.1. The fraction of sp³-hybridized carbons (Fsp3) is 0.200. The maximum Gasteiger partial charge on any atom is 0.194 e. The number of hydrogen-bond acceptors (Lipinski definition) is 4. The highest BCUT2D eigenvalue weighted by atomic mass is 32.1. The van der Waals surface area contributed by atoms with Crippen LogP contribution in [0.2, 0.25) is 0 Å². The van der Waals surface area contributed by atoms with Crippen LogP contribution in [0.4, 0.5) is 5.69 Å². The van der Waals surface area contributed by atoms with Crippen LogP contribution >= 0.6 is 11.3 Å². The second kappa shape index (κ2) is 4.99. The first-order valence-electron chi connectivity index (χ1n) is 6.35. The molecule has 3 aromatic rings. The Balaban J connectivity index is 1.84. The van der Waals surface area contributed by atoms with Crippen LogP contribution in [0.5, 0.6) is 0 Å². The molecule has 0 aliphatic carbocycles. The lowest BCUT2D eigenvalue weighted by Crippen LogP contribution is -2.04. The van der Waals surface area contributed by atoms with Crippen molar-refractivity contribution in [3.8, 4) is 6.07 Å². The molecule has 0 aliphatic rings. The first-order chi connectivity index (χ1) is 9.69. The van der Waals surface area contributed by atoms with Gasteiger partial charge in [-0.15, -0.1) is 11.3 Å². The minimum Gasteiger partial charge on any atom is -0.379 e. The minimum absolute atomic E-state index is 0.673. The van der Waals surface area contributed by atoms with Crippen molar-refractivity contribution in [1.82, 2.24) is 9.38 Å². The van der Waals surface area contributed by atoms with E-state index in [-0.39, 0.29) is 0 Å². The summed E-state index contributed by atoms with van der Waals surface area (Å²) in [7, 11) is 0. The van der Waals surface area contributed by atoms with Crippen LogP contribution in [-0.2, 0) is 6.54 Å². The zero-order valence-corrected chi connectivity index (χ0v) is 12.2. The zero-order valence-electron chi connectivity index (χ0n) is 11.3. The largest absolute Gasteiger partial charge is 0.379 e. The minimum atomic E-state index is 0.673. The molecule has 0 unspecified atom stereocenters. The molecular formula is C15H14N4S. The van der Waals surface area contributed by atoms with E-state index in [1.54, 1.807) is 11.3 Å². The second-order valence-corrected chi connectivity index (χ2v) is 5.52. The molecule has 0 amide bonds. The maximum atomic E-state index is 8.79. The molecule has 3 rings (SSSR count).